The zero-order chi connectivity index (χ0) is 13.3. The summed E-state index contributed by atoms with van der Waals surface area (Å²) in [7, 11) is 0. The Labute approximate surface area is 109 Å². The SMILES string of the molecule is Cc1cc(O)c(CN2C[C@H](C)O[C@@H](C)C2)cc1C. The van der Waals surface area contributed by atoms with Crippen molar-refractivity contribution in [1.82, 2.24) is 4.90 Å². The third-order valence-corrected chi connectivity index (χ3v) is 3.58. The summed E-state index contributed by atoms with van der Waals surface area (Å²) in [5.74, 6) is 0.407. The lowest BCUT2D eigenvalue weighted by atomic mass is 10.0. The molecule has 0 aliphatic carbocycles. The summed E-state index contributed by atoms with van der Waals surface area (Å²) in [5, 5.41) is 10.0. The number of aromatic hydroxyl groups is 1. The van der Waals surface area contributed by atoms with Crippen LogP contribution in [0.1, 0.15) is 30.5 Å². The van der Waals surface area contributed by atoms with Crippen molar-refractivity contribution in [2.75, 3.05) is 13.1 Å². The summed E-state index contributed by atoms with van der Waals surface area (Å²) in [6.45, 7) is 11.0. The number of morpholine rings is 1. The van der Waals surface area contributed by atoms with E-state index in [0.29, 0.717) is 5.75 Å². The number of phenols is 1. The fourth-order valence-corrected chi connectivity index (χ4v) is 2.64. The van der Waals surface area contributed by atoms with Crippen LogP contribution in [0.5, 0.6) is 5.75 Å². The van der Waals surface area contributed by atoms with E-state index in [2.05, 4.69) is 31.7 Å². The van der Waals surface area contributed by atoms with Crippen molar-refractivity contribution in [3.63, 3.8) is 0 Å². The minimum Gasteiger partial charge on any atom is -0.508 e. The molecule has 2 rings (SSSR count). The Morgan fingerprint density at radius 1 is 1.17 bits per heavy atom. The minimum absolute atomic E-state index is 0.266. The Balaban J connectivity index is 2.11. The Morgan fingerprint density at radius 3 is 2.33 bits per heavy atom. The summed E-state index contributed by atoms with van der Waals surface area (Å²) in [4.78, 5) is 2.35. The highest BCUT2D eigenvalue weighted by Crippen LogP contribution is 2.24. The van der Waals surface area contributed by atoms with Crippen molar-refractivity contribution in [2.45, 2.75) is 46.4 Å². The van der Waals surface area contributed by atoms with E-state index in [1.54, 1.807) is 0 Å². The van der Waals surface area contributed by atoms with Gasteiger partial charge in [0.2, 0.25) is 0 Å². The Kier molecular flexibility index (Phi) is 3.93. The van der Waals surface area contributed by atoms with Crippen LogP contribution in [-0.4, -0.2) is 35.3 Å². The molecule has 3 nitrogen and oxygen atoms in total. The van der Waals surface area contributed by atoms with Gasteiger partial charge in [0.05, 0.1) is 12.2 Å². The molecule has 0 spiro atoms. The van der Waals surface area contributed by atoms with Crippen molar-refractivity contribution in [3.05, 3.63) is 28.8 Å². The van der Waals surface area contributed by atoms with Crippen LogP contribution in [0.3, 0.4) is 0 Å². The monoisotopic (exact) mass is 249 g/mol. The molecule has 1 aromatic carbocycles. The van der Waals surface area contributed by atoms with Crippen molar-refractivity contribution < 1.29 is 9.84 Å². The first-order valence-electron chi connectivity index (χ1n) is 6.62. The van der Waals surface area contributed by atoms with E-state index in [-0.39, 0.29) is 12.2 Å². The molecule has 0 unspecified atom stereocenters. The highest BCUT2D eigenvalue weighted by molar-refractivity contribution is 5.40. The summed E-state index contributed by atoms with van der Waals surface area (Å²) in [6.07, 6.45) is 0.532. The number of benzene rings is 1. The smallest absolute Gasteiger partial charge is 0.120 e. The first kappa shape index (κ1) is 13.4. The van der Waals surface area contributed by atoms with Crippen LogP contribution in [0.25, 0.3) is 0 Å². The maximum atomic E-state index is 10.0. The minimum atomic E-state index is 0.266. The highest BCUT2D eigenvalue weighted by atomic mass is 16.5. The van der Waals surface area contributed by atoms with Crippen molar-refractivity contribution >= 4 is 0 Å². The average Bonchev–Trinajstić information content (AvgIpc) is 2.24. The van der Waals surface area contributed by atoms with Gasteiger partial charge in [-0.25, -0.2) is 0 Å². The van der Waals surface area contributed by atoms with Gasteiger partial charge in [-0.05, 0) is 44.9 Å². The summed E-state index contributed by atoms with van der Waals surface area (Å²) in [6, 6.07) is 3.95. The Morgan fingerprint density at radius 2 is 1.72 bits per heavy atom. The van der Waals surface area contributed by atoms with E-state index in [1.165, 1.54) is 5.56 Å². The Bertz CT molecular complexity index is 421. The van der Waals surface area contributed by atoms with E-state index >= 15 is 0 Å². The molecule has 1 heterocycles. The molecule has 1 aromatic rings. The van der Waals surface area contributed by atoms with Gasteiger partial charge in [0.15, 0.2) is 0 Å². The predicted octanol–water partition coefficient (Wildman–Crippen LogP) is 2.62. The number of aryl methyl sites for hydroxylation is 2. The quantitative estimate of drug-likeness (QED) is 0.874. The van der Waals surface area contributed by atoms with Crippen molar-refractivity contribution in [1.29, 1.82) is 0 Å². The normalized spacial score (nSPS) is 25.3. The second-order valence-corrected chi connectivity index (χ2v) is 5.52. The lowest BCUT2D eigenvalue weighted by Gasteiger charge is -2.35. The topological polar surface area (TPSA) is 32.7 Å². The van der Waals surface area contributed by atoms with Crippen LogP contribution >= 0.6 is 0 Å². The lowest BCUT2D eigenvalue weighted by Crippen LogP contribution is -2.44. The molecule has 0 bridgehead atoms. The Hall–Kier alpha value is -1.06. The van der Waals surface area contributed by atoms with Crippen LogP contribution in [0.2, 0.25) is 0 Å². The zero-order valence-electron chi connectivity index (χ0n) is 11.7. The van der Waals surface area contributed by atoms with E-state index in [0.717, 1.165) is 30.8 Å². The molecule has 2 atom stereocenters. The van der Waals surface area contributed by atoms with Crippen LogP contribution in [0.4, 0.5) is 0 Å². The fourth-order valence-electron chi connectivity index (χ4n) is 2.64. The van der Waals surface area contributed by atoms with Gasteiger partial charge in [0, 0.05) is 25.2 Å². The van der Waals surface area contributed by atoms with Gasteiger partial charge in [0.1, 0.15) is 5.75 Å². The van der Waals surface area contributed by atoms with Crippen LogP contribution in [0, 0.1) is 13.8 Å². The predicted molar refractivity (Wildman–Crippen MR) is 72.9 cm³/mol. The van der Waals surface area contributed by atoms with Crippen LogP contribution in [0.15, 0.2) is 12.1 Å². The molecule has 0 radical (unpaired) electrons. The van der Waals surface area contributed by atoms with Gasteiger partial charge >= 0.3 is 0 Å². The molecule has 0 amide bonds. The molecule has 0 aromatic heterocycles. The molecule has 100 valence electrons. The van der Waals surface area contributed by atoms with E-state index in [9.17, 15) is 5.11 Å². The maximum Gasteiger partial charge on any atom is 0.120 e. The first-order chi connectivity index (χ1) is 8.45. The molecule has 0 saturated carbocycles. The largest absolute Gasteiger partial charge is 0.508 e. The van der Waals surface area contributed by atoms with E-state index in [1.807, 2.05) is 13.0 Å². The van der Waals surface area contributed by atoms with Crippen LogP contribution in [-0.2, 0) is 11.3 Å². The molecule has 1 aliphatic heterocycles. The molecule has 1 N–H and O–H groups in total. The lowest BCUT2D eigenvalue weighted by molar-refractivity contribution is -0.0706. The molecule has 1 aliphatic rings. The van der Waals surface area contributed by atoms with Crippen molar-refractivity contribution in [2.24, 2.45) is 0 Å². The number of nitrogens with zero attached hydrogens (tertiary/aromatic N) is 1. The third kappa shape index (κ3) is 3.03. The molecule has 18 heavy (non-hydrogen) atoms. The number of phenolic OH excluding ortho intramolecular Hbond substituents is 1. The van der Waals surface area contributed by atoms with E-state index in [4.69, 9.17) is 4.74 Å². The second kappa shape index (κ2) is 5.29. The first-order valence-corrected chi connectivity index (χ1v) is 6.62. The third-order valence-electron chi connectivity index (χ3n) is 3.58. The molecule has 1 fully saturated rings. The summed E-state index contributed by atoms with van der Waals surface area (Å²) >= 11 is 0. The second-order valence-electron chi connectivity index (χ2n) is 5.52. The number of hydrogen-bond acceptors (Lipinski definition) is 3. The van der Waals surface area contributed by atoms with Crippen LogP contribution < -0.4 is 0 Å². The summed E-state index contributed by atoms with van der Waals surface area (Å²) in [5.41, 5.74) is 3.39. The number of rotatable bonds is 2. The maximum absolute atomic E-state index is 10.0. The summed E-state index contributed by atoms with van der Waals surface area (Å²) < 4.78 is 5.72. The molecular formula is C15H23NO2. The molecule has 3 heteroatoms. The van der Waals surface area contributed by atoms with Gasteiger partial charge in [-0.1, -0.05) is 6.07 Å². The van der Waals surface area contributed by atoms with E-state index < -0.39 is 0 Å². The standard InChI is InChI=1S/C15H23NO2/c1-10-5-14(15(17)6-11(10)2)9-16-7-12(3)18-13(4)8-16/h5-6,12-13,17H,7-9H2,1-4H3/t12-,13-/m0/s1. The zero-order valence-corrected chi connectivity index (χ0v) is 11.7. The van der Waals surface area contributed by atoms with Gasteiger partial charge in [0.25, 0.3) is 0 Å². The van der Waals surface area contributed by atoms with Crippen molar-refractivity contribution in [3.8, 4) is 5.75 Å². The molecule has 1 saturated heterocycles. The highest BCUT2D eigenvalue weighted by Gasteiger charge is 2.22. The van der Waals surface area contributed by atoms with Gasteiger partial charge in [-0.2, -0.15) is 0 Å². The number of ether oxygens (including phenoxy) is 1. The van der Waals surface area contributed by atoms with Gasteiger partial charge in [-0.3, -0.25) is 4.90 Å². The van der Waals surface area contributed by atoms with Gasteiger partial charge in [-0.15, -0.1) is 0 Å². The molecular weight excluding hydrogens is 226 g/mol. The average molecular weight is 249 g/mol. The number of hydrogen-bond donors (Lipinski definition) is 1. The van der Waals surface area contributed by atoms with Gasteiger partial charge < -0.3 is 9.84 Å². The fraction of sp³-hybridized carbons (Fsp3) is 0.600.